The van der Waals surface area contributed by atoms with Crippen molar-refractivity contribution in [3.8, 4) is 10.6 Å². The van der Waals surface area contributed by atoms with Crippen molar-refractivity contribution in [3.05, 3.63) is 23.7 Å². The molecule has 4 rings (SSSR count). The zero-order valence-electron chi connectivity index (χ0n) is 17.8. The average Bonchev–Trinajstić information content (AvgIpc) is 3.26. The Kier molecular flexibility index (Phi) is 6.40. The van der Waals surface area contributed by atoms with Gasteiger partial charge < -0.3 is 26.0 Å². The van der Waals surface area contributed by atoms with Gasteiger partial charge in [-0.15, -0.1) is 11.3 Å². The van der Waals surface area contributed by atoms with E-state index in [0.717, 1.165) is 10.4 Å². The molecule has 9 nitrogen and oxygen atoms in total. The number of nitrogens with one attached hydrogen (secondary N) is 2. The van der Waals surface area contributed by atoms with E-state index in [4.69, 9.17) is 0 Å². The quantitative estimate of drug-likeness (QED) is 0.357. The first-order valence-electron chi connectivity index (χ1n) is 10.2. The maximum Gasteiger partial charge on any atom is 0.405 e. The average molecular weight is 485 g/mol. The van der Waals surface area contributed by atoms with Crippen molar-refractivity contribution >= 4 is 33.3 Å². The molecule has 0 saturated heterocycles. The highest BCUT2D eigenvalue weighted by Gasteiger charge is 2.41. The first-order valence-corrected chi connectivity index (χ1v) is 11.0. The predicted molar refractivity (Wildman–Crippen MR) is 117 cm³/mol. The van der Waals surface area contributed by atoms with E-state index in [0.29, 0.717) is 21.8 Å². The second-order valence-corrected chi connectivity index (χ2v) is 9.08. The third-order valence-electron chi connectivity index (χ3n) is 5.52. The van der Waals surface area contributed by atoms with Gasteiger partial charge in [-0.25, -0.2) is 9.97 Å². The number of hydrogen-bond donors (Lipinski definition) is 5. The summed E-state index contributed by atoms with van der Waals surface area (Å²) in [5.74, 6) is -0.601. The summed E-state index contributed by atoms with van der Waals surface area (Å²) in [5.41, 5.74) is 2.32. The van der Waals surface area contributed by atoms with Gasteiger partial charge in [0.15, 0.2) is 0 Å². The Bertz CT molecular complexity index is 1160. The van der Waals surface area contributed by atoms with E-state index < -0.39 is 36.9 Å². The summed E-state index contributed by atoms with van der Waals surface area (Å²) in [7, 11) is 0. The summed E-state index contributed by atoms with van der Waals surface area (Å²) in [5, 5.41) is 35.8. The number of rotatable bonds is 6. The van der Waals surface area contributed by atoms with Crippen LogP contribution in [0, 0.1) is 19.8 Å². The van der Waals surface area contributed by atoms with E-state index in [9.17, 15) is 28.5 Å². The Hall–Kier alpha value is -2.61. The molecule has 1 saturated carbocycles. The van der Waals surface area contributed by atoms with Gasteiger partial charge >= 0.3 is 6.18 Å². The van der Waals surface area contributed by atoms with E-state index in [1.165, 1.54) is 11.3 Å². The second kappa shape index (κ2) is 8.97. The molecule has 13 heteroatoms. The predicted octanol–water partition coefficient (Wildman–Crippen LogP) is 2.25. The van der Waals surface area contributed by atoms with Crippen LogP contribution in [0.5, 0.6) is 0 Å². The maximum atomic E-state index is 12.7. The molecule has 0 spiro atoms. The summed E-state index contributed by atoms with van der Waals surface area (Å²) >= 11 is 1.36. The molecule has 0 radical (unpaired) electrons. The largest absolute Gasteiger partial charge is 0.405 e. The van der Waals surface area contributed by atoms with Crippen LogP contribution in [-0.4, -0.2) is 72.8 Å². The molecular formula is C20H23F3N6O3S. The van der Waals surface area contributed by atoms with E-state index in [1.54, 1.807) is 13.1 Å². The molecule has 0 aromatic carbocycles. The maximum absolute atomic E-state index is 12.7. The van der Waals surface area contributed by atoms with Gasteiger partial charge in [-0.2, -0.15) is 18.2 Å². The number of pyridine rings is 1. The van der Waals surface area contributed by atoms with E-state index >= 15 is 0 Å². The Morgan fingerprint density at radius 3 is 2.58 bits per heavy atom. The fourth-order valence-corrected chi connectivity index (χ4v) is 4.98. The number of alkyl halides is 3. The van der Waals surface area contributed by atoms with Crippen LogP contribution in [0.4, 0.5) is 24.9 Å². The van der Waals surface area contributed by atoms with Gasteiger partial charge in [0.1, 0.15) is 29.0 Å². The minimum absolute atomic E-state index is 0.172. The van der Waals surface area contributed by atoms with Crippen molar-refractivity contribution in [2.24, 2.45) is 5.92 Å². The highest BCUT2D eigenvalue weighted by atomic mass is 32.1. The van der Waals surface area contributed by atoms with E-state index in [1.807, 2.05) is 13.0 Å². The molecule has 0 aliphatic heterocycles. The number of aliphatic hydroxyl groups excluding tert-OH is 3. The molecule has 3 aromatic rings. The van der Waals surface area contributed by atoms with Crippen LogP contribution in [0.3, 0.4) is 0 Å². The topological polar surface area (TPSA) is 136 Å². The van der Waals surface area contributed by atoms with Crippen molar-refractivity contribution < 1.29 is 28.5 Å². The number of anilines is 2. The number of fused-ring (bicyclic) bond motifs is 1. The van der Waals surface area contributed by atoms with Crippen molar-refractivity contribution in [3.63, 3.8) is 0 Å². The third-order valence-corrected chi connectivity index (χ3v) is 6.56. The number of aliphatic hydroxyl groups is 3. The standard InChI is InChI=1S/C20H23F3N6O3S/c1-8-3-13-12(5-24-8)28-18(33-13)14-9(2)26-19(25-7-20(21,22)23)29-17(14)27-11-4-10(6-30)15(31)16(11)32/h3,5,10-11,15-16,30-32H,4,6-7H2,1-2H3,(H2,25,26,27,29)/t10?,11-,15-,16+/m1/s1. The van der Waals surface area contributed by atoms with Gasteiger partial charge in [0.05, 0.1) is 34.3 Å². The summed E-state index contributed by atoms with van der Waals surface area (Å²) < 4.78 is 39.0. The molecule has 1 unspecified atom stereocenters. The van der Waals surface area contributed by atoms with Crippen LogP contribution in [0.1, 0.15) is 17.8 Å². The number of thiazole rings is 1. The normalized spacial score (nSPS) is 23.3. The summed E-state index contributed by atoms with van der Waals surface area (Å²) in [6.45, 7) is 1.86. The molecule has 1 aliphatic carbocycles. The molecule has 4 atom stereocenters. The first-order chi connectivity index (χ1) is 15.6. The fourth-order valence-electron chi connectivity index (χ4n) is 3.85. The lowest BCUT2D eigenvalue weighted by molar-refractivity contribution is -0.115. The van der Waals surface area contributed by atoms with Crippen LogP contribution < -0.4 is 10.6 Å². The molecule has 3 heterocycles. The van der Waals surface area contributed by atoms with Gasteiger partial charge in [0.25, 0.3) is 0 Å². The Balaban J connectivity index is 1.75. The SMILES string of the molecule is Cc1cc2sc(-c3c(C)nc(NCC(F)(F)F)nc3N[C@@H]3CC(CO)[C@@H](O)[C@H]3O)nc2cn1. The first kappa shape index (κ1) is 23.5. The lowest BCUT2D eigenvalue weighted by atomic mass is 10.1. The molecule has 33 heavy (non-hydrogen) atoms. The third kappa shape index (κ3) is 5.00. The molecule has 3 aromatic heterocycles. The van der Waals surface area contributed by atoms with Gasteiger partial charge in [-0.3, -0.25) is 4.98 Å². The molecule has 178 valence electrons. The summed E-state index contributed by atoms with van der Waals surface area (Å²) in [4.78, 5) is 17.2. The van der Waals surface area contributed by atoms with Crippen LogP contribution in [0.25, 0.3) is 20.8 Å². The van der Waals surface area contributed by atoms with E-state index in [2.05, 4.69) is 30.6 Å². The smallest absolute Gasteiger partial charge is 0.396 e. The van der Waals surface area contributed by atoms with Crippen LogP contribution in [0.15, 0.2) is 12.3 Å². The number of nitrogens with zero attached hydrogens (tertiary/aromatic N) is 4. The Morgan fingerprint density at radius 1 is 1.15 bits per heavy atom. The number of halogens is 3. The van der Waals surface area contributed by atoms with Crippen molar-refractivity contribution in [2.75, 3.05) is 23.8 Å². The molecule has 1 fully saturated rings. The van der Waals surface area contributed by atoms with Crippen LogP contribution in [0.2, 0.25) is 0 Å². The van der Waals surface area contributed by atoms with Crippen molar-refractivity contribution in [2.45, 2.75) is 44.7 Å². The molecule has 5 N–H and O–H groups in total. The van der Waals surface area contributed by atoms with Crippen molar-refractivity contribution in [1.29, 1.82) is 0 Å². The van der Waals surface area contributed by atoms with Gasteiger partial charge in [0, 0.05) is 18.2 Å². The Labute approximate surface area is 190 Å². The minimum Gasteiger partial charge on any atom is -0.396 e. The van der Waals surface area contributed by atoms with E-state index in [-0.39, 0.29) is 24.8 Å². The lowest BCUT2D eigenvalue weighted by Crippen LogP contribution is -2.36. The summed E-state index contributed by atoms with van der Waals surface area (Å²) in [6, 6.07) is 1.20. The zero-order chi connectivity index (χ0) is 23.9. The van der Waals surface area contributed by atoms with Crippen molar-refractivity contribution in [1.82, 2.24) is 19.9 Å². The second-order valence-electron chi connectivity index (χ2n) is 8.05. The van der Waals surface area contributed by atoms with Gasteiger partial charge in [0.2, 0.25) is 5.95 Å². The van der Waals surface area contributed by atoms with Gasteiger partial charge in [-0.05, 0) is 26.3 Å². The molecular weight excluding hydrogens is 461 g/mol. The van der Waals surface area contributed by atoms with Gasteiger partial charge in [-0.1, -0.05) is 0 Å². The molecule has 0 bridgehead atoms. The number of aryl methyl sites for hydroxylation is 2. The lowest BCUT2D eigenvalue weighted by Gasteiger charge is -2.21. The highest BCUT2D eigenvalue weighted by molar-refractivity contribution is 7.21. The fraction of sp³-hybridized carbons (Fsp3) is 0.500. The minimum atomic E-state index is -4.46. The monoisotopic (exact) mass is 484 g/mol. The summed E-state index contributed by atoms with van der Waals surface area (Å²) in [6.07, 6.45) is -4.91. The highest BCUT2D eigenvalue weighted by Crippen LogP contribution is 2.38. The molecule has 0 amide bonds. The zero-order valence-corrected chi connectivity index (χ0v) is 18.6. The molecule has 1 aliphatic rings. The van der Waals surface area contributed by atoms with Crippen LogP contribution in [-0.2, 0) is 0 Å². The van der Waals surface area contributed by atoms with Crippen LogP contribution >= 0.6 is 11.3 Å². The number of aromatic nitrogens is 4. The number of hydrogen-bond acceptors (Lipinski definition) is 10. The Morgan fingerprint density at radius 2 is 1.91 bits per heavy atom.